The number of halogens is 3. The number of hydrogen-bond donors (Lipinski definition) is 0. The summed E-state index contributed by atoms with van der Waals surface area (Å²) in [4.78, 5) is 14.4. The monoisotopic (exact) mass is 469 g/mol. The highest BCUT2D eigenvalue weighted by molar-refractivity contribution is 6.40. The van der Waals surface area contributed by atoms with Crippen LogP contribution in [0.5, 0.6) is 5.75 Å². The number of furan rings is 1. The van der Waals surface area contributed by atoms with Crippen molar-refractivity contribution in [2.75, 3.05) is 7.05 Å². The first-order valence-electron chi connectivity index (χ1n) is 9.35. The zero-order valence-electron chi connectivity index (χ0n) is 17.1. The lowest BCUT2D eigenvalue weighted by Gasteiger charge is -2.16. The van der Waals surface area contributed by atoms with Crippen LogP contribution in [0.2, 0.25) is 15.1 Å². The lowest BCUT2D eigenvalue weighted by molar-refractivity contribution is 0.0749. The zero-order valence-corrected chi connectivity index (χ0v) is 19.4. The third-order valence-electron chi connectivity index (χ3n) is 4.77. The number of nitrogens with zero attached hydrogens (tertiary/aromatic N) is 3. The van der Waals surface area contributed by atoms with Gasteiger partial charge in [-0.25, -0.2) is 0 Å². The summed E-state index contributed by atoms with van der Waals surface area (Å²) in [6.07, 6.45) is 0. The molecular formula is C21H22Cl3N3O3. The first-order chi connectivity index (χ1) is 14.2. The van der Waals surface area contributed by atoms with Crippen LogP contribution < -0.4 is 4.74 Å². The summed E-state index contributed by atoms with van der Waals surface area (Å²) in [5.41, 5.74) is 3.01. The maximum absolute atomic E-state index is 12.8. The van der Waals surface area contributed by atoms with Gasteiger partial charge >= 0.3 is 0 Å². The quantitative estimate of drug-likeness (QED) is 0.430. The first kappa shape index (κ1) is 22.5. The Morgan fingerprint density at radius 1 is 1.20 bits per heavy atom. The van der Waals surface area contributed by atoms with E-state index in [2.05, 4.69) is 5.10 Å². The number of amides is 1. The Balaban J connectivity index is 1.67. The van der Waals surface area contributed by atoms with Crippen molar-refractivity contribution in [1.82, 2.24) is 14.7 Å². The van der Waals surface area contributed by atoms with E-state index in [1.165, 1.54) is 0 Å². The number of ether oxygens (including phenoxy) is 1. The fourth-order valence-corrected chi connectivity index (χ4v) is 4.07. The van der Waals surface area contributed by atoms with Crippen LogP contribution >= 0.6 is 34.8 Å². The molecule has 0 radical (unpaired) electrons. The lowest BCUT2D eigenvalue weighted by atomic mass is 10.2. The van der Waals surface area contributed by atoms with Crippen molar-refractivity contribution < 1.29 is 13.9 Å². The number of rotatable bonds is 7. The molecule has 1 amide bonds. The van der Waals surface area contributed by atoms with Crippen molar-refractivity contribution in [2.24, 2.45) is 0 Å². The second kappa shape index (κ2) is 9.33. The van der Waals surface area contributed by atoms with E-state index in [1.807, 2.05) is 25.5 Å². The molecule has 160 valence electrons. The Morgan fingerprint density at radius 2 is 1.87 bits per heavy atom. The zero-order chi connectivity index (χ0) is 22.0. The molecule has 0 aliphatic rings. The van der Waals surface area contributed by atoms with E-state index >= 15 is 0 Å². The smallest absolute Gasteiger partial charge is 0.289 e. The van der Waals surface area contributed by atoms with E-state index in [4.69, 9.17) is 44.0 Å². The number of benzene rings is 1. The van der Waals surface area contributed by atoms with Gasteiger partial charge < -0.3 is 14.1 Å². The maximum Gasteiger partial charge on any atom is 0.289 e. The molecule has 0 atom stereocenters. The summed E-state index contributed by atoms with van der Waals surface area (Å²) < 4.78 is 13.2. The summed E-state index contributed by atoms with van der Waals surface area (Å²) >= 11 is 18.1. The van der Waals surface area contributed by atoms with Gasteiger partial charge in [-0.3, -0.25) is 9.48 Å². The van der Waals surface area contributed by atoms with Gasteiger partial charge in [-0.05, 0) is 45.0 Å². The Bertz CT molecular complexity index is 1050. The fraction of sp³-hybridized carbons (Fsp3) is 0.333. The molecule has 0 fully saturated rings. The number of aromatic nitrogens is 2. The van der Waals surface area contributed by atoms with Gasteiger partial charge in [0.15, 0.2) is 11.5 Å². The van der Waals surface area contributed by atoms with Crippen LogP contribution in [0.3, 0.4) is 0 Å². The average molecular weight is 471 g/mol. The predicted octanol–water partition coefficient (Wildman–Crippen LogP) is 5.92. The van der Waals surface area contributed by atoms with Crippen molar-refractivity contribution >= 4 is 40.7 Å². The standard InChI is InChI=1S/C21H22Cl3N3O3/c1-5-27-13(3)16(12(2)25-27)10-26(4)21(28)19-7-6-15(30-19)11-29-20-17(23)8-14(22)9-18(20)24/h6-9H,5,10-11H2,1-4H3. The van der Waals surface area contributed by atoms with E-state index in [0.29, 0.717) is 33.1 Å². The maximum atomic E-state index is 12.8. The highest BCUT2D eigenvalue weighted by Gasteiger charge is 2.20. The van der Waals surface area contributed by atoms with Crippen molar-refractivity contribution in [2.45, 2.75) is 40.5 Å². The van der Waals surface area contributed by atoms with Crippen molar-refractivity contribution in [3.63, 3.8) is 0 Å². The molecule has 2 aromatic heterocycles. The van der Waals surface area contributed by atoms with Crippen LogP contribution in [0.25, 0.3) is 0 Å². The summed E-state index contributed by atoms with van der Waals surface area (Å²) in [5, 5.41) is 5.52. The molecule has 0 spiro atoms. The Morgan fingerprint density at radius 3 is 2.47 bits per heavy atom. The van der Waals surface area contributed by atoms with Crippen LogP contribution in [0, 0.1) is 13.8 Å². The molecule has 0 N–H and O–H groups in total. The van der Waals surface area contributed by atoms with Gasteiger partial charge in [-0.1, -0.05) is 34.8 Å². The largest absolute Gasteiger partial charge is 0.483 e. The molecule has 0 aliphatic heterocycles. The Labute approximate surface area is 190 Å². The molecule has 0 unspecified atom stereocenters. The molecule has 0 saturated heterocycles. The third-order valence-corrected chi connectivity index (χ3v) is 5.55. The Kier molecular flexibility index (Phi) is 7.01. The van der Waals surface area contributed by atoms with Gasteiger partial charge in [-0.2, -0.15) is 5.10 Å². The fourth-order valence-electron chi connectivity index (χ4n) is 3.15. The molecule has 30 heavy (non-hydrogen) atoms. The van der Waals surface area contributed by atoms with Crippen molar-refractivity contribution in [3.8, 4) is 5.75 Å². The molecule has 3 aromatic rings. The van der Waals surface area contributed by atoms with Gasteiger partial charge in [0, 0.05) is 36.4 Å². The summed E-state index contributed by atoms with van der Waals surface area (Å²) in [7, 11) is 1.73. The van der Waals surface area contributed by atoms with Crippen LogP contribution in [-0.4, -0.2) is 27.6 Å². The minimum absolute atomic E-state index is 0.0690. The topological polar surface area (TPSA) is 60.5 Å². The van der Waals surface area contributed by atoms with E-state index in [1.54, 1.807) is 36.2 Å². The number of carbonyl (C=O) groups is 1. The van der Waals surface area contributed by atoms with Gasteiger partial charge in [-0.15, -0.1) is 0 Å². The molecule has 3 rings (SSSR count). The highest BCUT2D eigenvalue weighted by atomic mass is 35.5. The van der Waals surface area contributed by atoms with Gasteiger partial charge in [0.05, 0.1) is 15.7 Å². The Hall–Kier alpha value is -2.15. The van der Waals surface area contributed by atoms with Crippen LogP contribution in [0.1, 0.15) is 40.2 Å². The van der Waals surface area contributed by atoms with Crippen LogP contribution in [-0.2, 0) is 19.7 Å². The van der Waals surface area contributed by atoms with E-state index < -0.39 is 0 Å². The van der Waals surface area contributed by atoms with E-state index in [0.717, 1.165) is 23.5 Å². The van der Waals surface area contributed by atoms with Gasteiger partial charge in [0.25, 0.3) is 5.91 Å². The van der Waals surface area contributed by atoms with Crippen LogP contribution in [0.15, 0.2) is 28.7 Å². The number of hydrogen-bond acceptors (Lipinski definition) is 4. The number of carbonyl (C=O) groups excluding carboxylic acids is 1. The molecule has 0 aliphatic carbocycles. The average Bonchev–Trinajstić information content (AvgIpc) is 3.26. The molecular weight excluding hydrogens is 449 g/mol. The van der Waals surface area contributed by atoms with Crippen molar-refractivity contribution in [1.29, 1.82) is 0 Å². The molecule has 0 saturated carbocycles. The van der Waals surface area contributed by atoms with Crippen molar-refractivity contribution in [3.05, 3.63) is 67.8 Å². The van der Waals surface area contributed by atoms with E-state index in [-0.39, 0.29) is 18.3 Å². The van der Waals surface area contributed by atoms with Gasteiger partial charge in [0.2, 0.25) is 0 Å². The minimum Gasteiger partial charge on any atom is -0.483 e. The molecule has 9 heteroatoms. The lowest BCUT2D eigenvalue weighted by Crippen LogP contribution is -2.26. The van der Waals surface area contributed by atoms with E-state index in [9.17, 15) is 4.79 Å². The normalized spacial score (nSPS) is 11.0. The minimum atomic E-state index is -0.230. The first-order valence-corrected chi connectivity index (χ1v) is 10.5. The second-order valence-electron chi connectivity index (χ2n) is 6.88. The highest BCUT2D eigenvalue weighted by Crippen LogP contribution is 2.36. The summed E-state index contributed by atoms with van der Waals surface area (Å²) in [6, 6.07) is 6.39. The molecule has 0 bridgehead atoms. The van der Waals surface area contributed by atoms with Gasteiger partial charge in [0.1, 0.15) is 12.4 Å². The second-order valence-corrected chi connectivity index (χ2v) is 8.13. The molecule has 2 heterocycles. The number of aryl methyl sites for hydroxylation is 2. The summed E-state index contributed by atoms with van der Waals surface area (Å²) in [6.45, 7) is 7.29. The van der Waals surface area contributed by atoms with Crippen LogP contribution in [0.4, 0.5) is 0 Å². The third kappa shape index (κ3) is 4.77. The predicted molar refractivity (Wildman–Crippen MR) is 118 cm³/mol. The molecule has 1 aromatic carbocycles. The SMILES string of the molecule is CCn1nc(C)c(CN(C)C(=O)c2ccc(COc3c(Cl)cc(Cl)cc3Cl)o2)c1C. The molecule has 6 nitrogen and oxygen atoms in total. The summed E-state index contributed by atoms with van der Waals surface area (Å²) in [5.74, 6) is 0.775.